The molecule has 2 aromatic heterocycles. The van der Waals surface area contributed by atoms with Crippen LogP contribution in [0.3, 0.4) is 0 Å². The van der Waals surface area contributed by atoms with E-state index in [9.17, 15) is 0 Å². The van der Waals surface area contributed by atoms with E-state index in [1.54, 1.807) is 17.5 Å². The first-order valence-electron chi connectivity index (χ1n) is 4.01. The van der Waals surface area contributed by atoms with E-state index in [4.69, 9.17) is 0 Å². The van der Waals surface area contributed by atoms with Gasteiger partial charge in [0.05, 0.1) is 12.2 Å². The number of thiazole rings is 1. The van der Waals surface area contributed by atoms with Crippen molar-refractivity contribution in [1.29, 1.82) is 0 Å². The zero-order valence-electron chi connectivity index (χ0n) is 7.19. The molecule has 2 rings (SSSR count). The number of nitrogens with zero attached hydrogens (tertiary/aromatic N) is 2. The molecule has 68 valence electrons. The second-order valence-electron chi connectivity index (χ2n) is 2.73. The summed E-state index contributed by atoms with van der Waals surface area (Å²) >= 11 is 1.60. The molecule has 0 saturated carbocycles. The summed E-state index contributed by atoms with van der Waals surface area (Å²) in [6, 6.07) is 0.241. The molecule has 0 aliphatic rings. The summed E-state index contributed by atoms with van der Waals surface area (Å²) in [5, 5.41) is 12.8. The molecule has 0 amide bonds. The van der Waals surface area contributed by atoms with E-state index >= 15 is 0 Å². The van der Waals surface area contributed by atoms with Crippen molar-refractivity contribution in [2.45, 2.75) is 13.0 Å². The van der Waals surface area contributed by atoms with Gasteiger partial charge in [0.2, 0.25) is 0 Å². The first kappa shape index (κ1) is 8.25. The molecule has 0 radical (unpaired) electrons. The summed E-state index contributed by atoms with van der Waals surface area (Å²) < 4.78 is 0. The number of rotatable bonds is 3. The van der Waals surface area contributed by atoms with Gasteiger partial charge < -0.3 is 5.32 Å². The molecule has 2 aromatic rings. The van der Waals surface area contributed by atoms with Crippen molar-refractivity contribution in [3.8, 4) is 0 Å². The molecule has 0 fully saturated rings. The lowest BCUT2D eigenvalue weighted by Crippen LogP contribution is -2.04. The number of anilines is 1. The Hall–Kier alpha value is -1.36. The lowest BCUT2D eigenvalue weighted by atomic mass is 10.2. The second kappa shape index (κ2) is 3.57. The van der Waals surface area contributed by atoms with Crippen molar-refractivity contribution in [2.75, 3.05) is 5.32 Å². The molecule has 13 heavy (non-hydrogen) atoms. The fraction of sp³-hybridized carbons (Fsp3) is 0.250. The summed E-state index contributed by atoms with van der Waals surface area (Å²) in [5.74, 6) is 0. The van der Waals surface area contributed by atoms with Crippen LogP contribution >= 0.6 is 11.3 Å². The fourth-order valence-electron chi connectivity index (χ4n) is 1.06. The molecule has 0 bridgehead atoms. The van der Waals surface area contributed by atoms with Gasteiger partial charge in [-0.15, -0.1) is 11.3 Å². The molecule has 5 heteroatoms. The highest BCUT2D eigenvalue weighted by Crippen LogP contribution is 2.19. The summed E-state index contributed by atoms with van der Waals surface area (Å²) in [6.45, 7) is 2.08. The van der Waals surface area contributed by atoms with E-state index in [0.717, 1.165) is 10.7 Å². The Labute approximate surface area is 80.0 Å². The van der Waals surface area contributed by atoms with Crippen molar-refractivity contribution < 1.29 is 0 Å². The van der Waals surface area contributed by atoms with Gasteiger partial charge in [0, 0.05) is 23.3 Å². The van der Waals surface area contributed by atoms with Crippen LogP contribution in [0.2, 0.25) is 0 Å². The van der Waals surface area contributed by atoms with Crippen LogP contribution in [0, 0.1) is 0 Å². The van der Waals surface area contributed by atoms with Crippen LogP contribution in [0.15, 0.2) is 24.0 Å². The normalized spacial score (nSPS) is 12.7. The maximum Gasteiger partial charge on any atom is 0.183 e. The molecule has 1 unspecified atom stereocenters. The minimum absolute atomic E-state index is 0.241. The predicted octanol–water partition coefficient (Wildman–Crippen LogP) is 2.04. The molecule has 0 saturated heterocycles. The Balaban J connectivity index is 2.04. The molecule has 2 N–H and O–H groups in total. The Kier molecular flexibility index (Phi) is 2.27. The van der Waals surface area contributed by atoms with Gasteiger partial charge in [0.15, 0.2) is 5.13 Å². The molecule has 0 aliphatic carbocycles. The molecule has 1 atom stereocenters. The van der Waals surface area contributed by atoms with E-state index in [-0.39, 0.29) is 6.04 Å². The van der Waals surface area contributed by atoms with Crippen molar-refractivity contribution in [2.24, 2.45) is 0 Å². The van der Waals surface area contributed by atoms with Gasteiger partial charge in [0.1, 0.15) is 0 Å². The Morgan fingerprint density at radius 1 is 1.62 bits per heavy atom. The van der Waals surface area contributed by atoms with Crippen molar-refractivity contribution in [3.63, 3.8) is 0 Å². The number of aromatic amines is 1. The number of nitrogens with one attached hydrogen (secondary N) is 2. The van der Waals surface area contributed by atoms with Gasteiger partial charge in [-0.2, -0.15) is 5.10 Å². The first-order chi connectivity index (χ1) is 6.36. The van der Waals surface area contributed by atoms with Crippen LogP contribution in [0.25, 0.3) is 0 Å². The highest BCUT2D eigenvalue weighted by atomic mass is 32.1. The maximum absolute atomic E-state index is 4.14. The minimum Gasteiger partial charge on any atom is -0.355 e. The van der Waals surface area contributed by atoms with Crippen LogP contribution in [-0.2, 0) is 0 Å². The fourth-order valence-corrected chi connectivity index (χ4v) is 1.68. The first-order valence-corrected chi connectivity index (χ1v) is 4.89. The largest absolute Gasteiger partial charge is 0.355 e. The average molecular weight is 194 g/mol. The van der Waals surface area contributed by atoms with Gasteiger partial charge in [-0.25, -0.2) is 4.98 Å². The van der Waals surface area contributed by atoms with Crippen LogP contribution in [0.5, 0.6) is 0 Å². The third-order valence-electron chi connectivity index (χ3n) is 1.79. The Bertz CT molecular complexity index is 340. The minimum atomic E-state index is 0.241. The standard InChI is InChI=1S/C8H10N4S/c1-6(7-4-10-11-5-7)12-8-9-2-3-13-8/h2-6H,1H3,(H,9,12)(H,10,11). The van der Waals surface area contributed by atoms with E-state index in [1.807, 2.05) is 17.8 Å². The van der Waals surface area contributed by atoms with E-state index in [2.05, 4.69) is 27.4 Å². The monoisotopic (exact) mass is 194 g/mol. The highest BCUT2D eigenvalue weighted by Gasteiger charge is 2.06. The lowest BCUT2D eigenvalue weighted by Gasteiger charge is -2.09. The quantitative estimate of drug-likeness (QED) is 0.786. The molecule has 0 spiro atoms. The zero-order chi connectivity index (χ0) is 9.10. The van der Waals surface area contributed by atoms with Gasteiger partial charge in [-0.3, -0.25) is 5.10 Å². The van der Waals surface area contributed by atoms with Crippen LogP contribution < -0.4 is 5.32 Å². The zero-order valence-corrected chi connectivity index (χ0v) is 8.01. The lowest BCUT2D eigenvalue weighted by molar-refractivity contribution is 0.883. The predicted molar refractivity (Wildman–Crippen MR) is 52.7 cm³/mol. The van der Waals surface area contributed by atoms with Crippen molar-refractivity contribution >= 4 is 16.5 Å². The molecular weight excluding hydrogens is 184 g/mol. The highest BCUT2D eigenvalue weighted by molar-refractivity contribution is 7.13. The summed E-state index contributed by atoms with van der Waals surface area (Å²) in [5.41, 5.74) is 1.13. The topological polar surface area (TPSA) is 53.6 Å². The summed E-state index contributed by atoms with van der Waals surface area (Å²) in [6.07, 6.45) is 5.48. The second-order valence-corrected chi connectivity index (χ2v) is 3.63. The SMILES string of the molecule is CC(Nc1nccs1)c1cn[nH]c1. The van der Waals surface area contributed by atoms with Gasteiger partial charge in [-0.1, -0.05) is 0 Å². The number of aromatic nitrogens is 3. The van der Waals surface area contributed by atoms with Crippen LogP contribution in [-0.4, -0.2) is 15.2 Å². The maximum atomic E-state index is 4.14. The Morgan fingerprint density at radius 2 is 2.54 bits per heavy atom. The van der Waals surface area contributed by atoms with Gasteiger partial charge in [-0.05, 0) is 6.92 Å². The number of H-pyrrole nitrogens is 1. The smallest absolute Gasteiger partial charge is 0.183 e. The van der Waals surface area contributed by atoms with E-state index in [1.165, 1.54) is 0 Å². The van der Waals surface area contributed by atoms with Crippen LogP contribution in [0.1, 0.15) is 18.5 Å². The Morgan fingerprint density at radius 3 is 3.15 bits per heavy atom. The van der Waals surface area contributed by atoms with Crippen molar-refractivity contribution in [1.82, 2.24) is 15.2 Å². The summed E-state index contributed by atoms with van der Waals surface area (Å²) in [7, 11) is 0. The number of hydrogen-bond donors (Lipinski definition) is 2. The molecule has 0 aromatic carbocycles. The number of hydrogen-bond acceptors (Lipinski definition) is 4. The molecule has 2 heterocycles. The molecule has 0 aliphatic heterocycles. The third kappa shape index (κ3) is 1.86. The van der Waals surface area contributed by atoms with E-state index in [0.29, 0.717) is 0 Å². The van der Waals surface area contributed by atoms with Crippen molar-refractivity contribution in [3.05, 3.63) is 29.5 Å². The summed E-state index contributed by atoms with van der Waals surface area (Å²) in [4.78, 5) is 4.14. The third-order valence-corrected chi connectivity index (χ3v) is 2.50. The molecular formula is C8H10N4S. The van der Waals surface area contributed by atoms with Crippen LogP contribution in [0.4, 0.5) is 5.13 Å². The molecule has 4 nitrogen and oxygen atoms in total. The average Bonchev–Trinajstić information content (AvgIpc) is 2.74. The van der Waals surface area contributed by atoms with Gasteiger partial charge in [0.25, 0.3) is 0 Å². The van der Waals surface area contributed by atoms with E-state index < -0.39 is 0 Å². The van der Waals surface area contributed by atoms with Gasteiger partial charge >= 0.3 is 0 Å².